The lowest BCUT2D eigenvalue weighted by molar-refractivity contribution is -0.152. The minimum absolute atomic E-state index is 0.0454. The van der Waals surface area contributed by atoms with E-state index in [4.69, 9.17) is 0 Å². The highest BCUT2D eigenvalue weighted by Gasteiger charge is 2.32. The van der Waals surface area contributed by atoms with Crippen molar-refractivity contribution in [3.63, 3.8) is 0 Å². The molecule has 2 aliphatic heterocycles. The molecule has 7 nitrogen and oxygen atoms in total. The lowest BCUT2D eigenvalue weighted by Gasteiger charge is -2.34. The number of aromatic nitrogens is 1. The molecule has 0 aromatic carbocycles. The van der Waals surface area contributed by atoms with Crippen molar-refractivity contribution in [3.8, 4) is 0 Å². The van der Waals surface area contributed by atoms with Crippen LogP contribution in [0.15, 0.2) is 6.20 Å². The van der Waals surface area contributed by atoms with Crippen molar-refractivity contribution >= 4 is 29.1 Å². The molecular formula is C18H26N4O3S. The lowest BCUT2D eigenvalue weighted by atomic mass is 9.98. The van der Waals surface area contributed by atoms with Gasteiger partial charge >= 0.3 is 11.8 Å². The van der Waals surface area contributed by atoms with E-state index in [2.05, 4.69) is 25.8 Å². The average molecular weight is 378 g/mol. The molecular weight excluding hydrogens is 352 g/mol. The molecule has 0 spiro atoms. The van der Waals surface area contributed by atoms with Crippen LogP contribution in [0.1, 0.15) is 48.3 Å². The van der Waals surface area contributed by atoms with Crippen molar-refractivity contribution in [2.45, 2.75) is 39.0 Å². The third-order valence-electron chi connectivity index (χ3n) is 4.79. The number of rotatable bonds is 1. The molecule has 2 fully saturated rings. The monoisotopic (exact) mass is 378 g/mol. The second-order valence-electron chi connectivity index (χ2n) is 7.86. The molecule has 0 saturated carbocycles. The molecule has 3 heterocycles. The number of thiazole rings is 1. The molecule has 8 heteroatoms. The second kappa shape index (κ2) is 7.34. The summed E-state index contributed by atoms with van der Waals surface area (Å²) in [5, 5.41) is 0.936. The maximum absolute atomic E-state index is 12.7. The van der Waals surface area contributed by atoms with Crippen molar-refractivity contribution in [2.75, 3.05) is 39.3 Å². The van der Waals surface area contributed by atoms with Gasteiger partial charge in [0.05, 0.1) is 11.2 Å². The summed E-state index contributed by atoms with van der Waals surface area (Å²) in [5.74, 6) is -0.887. The number of likely N-dealkylation sites (tertiary alicyclic amines) is 1. The summed E-state index contributed by atoms with van der Waals surface area (Å²) < 4.78 is 0. The first kappa shape index (κ1) is 18.8. The Bertz CT molecular complexity index is 696. The fourth-order valence-corrected chi connectivity index (χ4v) is 4.12. The third kappa shape index (κ3) is 3.90. The summed E-state index contributed by atoms with van der Waals surface area (Å²) >= 11 is 1.43. The molecule has 1 aromatic heterocycles. The minimum atomic E-state index is -0.438. The zero-order valence-electron chi connectivity index (χ0n) is 15.7. The van der Waals surface area contributed by atoms with Crippen LogP contribution in [0.4, 0.5) is 0 Å². The summed E-state index contributed by atoms with van der Waals surface area (Å²) in [6.07, 6.45) is 3.57. The van der Waals surface area contributed by atoms with E-state index >= 15 is 0 Å². The van der Waals surface area contributed by atoms with Crippen LogP contribution in [0.3, 0.4) is 0 Å². The van der Waals surface area contributed by atoms with Crippen molar-refractivity contribution < 1.29 is 14.4 Å². The largest absolute Gasteiger partial charge is 0.334 e. The molecule has 0 unspecified atom stereocenters. The van der Waals surface area contributed by atoms with Gasteiger partial charge < -0.3 is 14.7 Å². The Balaban J connectivity index is 1.56. The van der Waals surface area contributed by atoms with E-state index in [1.54, 1.807) is 20.9 Å². The van der Waals surface area contributed by atoms with Gasteiger partial charge in [-0.15, -0.1) is 11.3 Å². The number of hydrogen-bond acceptors (Lipinski definition) is 5. The molecule has 0 aliphatic carbocycles. The highest BCUT2D eigenvalue weighted by Crippen LogP contribution is 2.27. The fourth-order valence-electron chi connectivity index (χ4n) is 3.18. The zero-order valence-corrected chi connectivity index (χ0v) is 16.5. The predicted molar refractivity (Wildman–Crippen MR) is 99.1 cm³/mol. The van der Waals surface area contributed by atoms with Gasteiger partial charge in [-0.2, -0.15) is 0 Å². The van der Waals surface area contributed by atoms with Gasteiger partial charge in [0.15, 0.2) is 0 Å². The summed E-state index contributed by atoms with van der Waals surface area (Å²) in [7, 11) is 0. The van der Waals surface area contributed by atoms with Gasteiger partial charge in [-0.25, -0.2) is 4.98 Å². The van der Waals surface area contributed by atoms with Crippen molar-refractivity contribution in [1.29, 1.82) is 0 Å². The number of hydrogen-bond donors (Lipinski definition) is 0. The minimum Gasteiger partial charge on any atom is -0.334 e. The Kier molecular flexibility index (Phi) is 5.32. The van der Waals surface area contributed by atoms with Gasteiger partial charge in [-0.1, -0.05) is 20.8 Å². The Morgan fingerprint density at radius 2 is 1.38 bits per heavy atom. The van der Waals surface area contributed by atoms with Gasteiger partial charge in [-0.05, 0) is 12.8 Å². The van der Waals surface area contributed by atoms with Crippen LogP contribution in [0.5, 0.6) is 0 Å². The molecule has 2 saturated heterocycles. The second-order valence-corrected chi connectivity index (χ2v) is 8.89. The van der Waals surface area contributed by atoms with Crippen LogP contribution >= 0.6 is 11.3 Å². The van der Waals surface area contributed by atoms with E-state index in [1.165, 1.54) is 11.3 Å². The van der Waals surface area contributed by atoms with Gasteiger partial charge in [0, 0.05) is 44.7 Å². The molecule has 0 bridgehead atoms. The number of carbonyl (C=O) groups excluding carboxylic acids is 3. The summed E-state index contributed by atoms with van der Waals surface area (Å²) in [6, 6.07) is 0. The van der Waals surface area contributed by atoms with E-state index in [9.17, 15) is 14.4 Å². The maximum Gasteiger partial charge on any atom is 0.312 e. The number of piperazine rings is 1. The molecule has 0 N–H and O–H groups in total. The van der Waals surface area contributed by atoms with E-state index in [0.717, 1.165) is 17.8 Å². The normalized spacial score (nSPS) is 18.3. The van der Waals surface area contributed by atoms with Gasteiger partial charge in [-0.3, -0.25) is 14.4 Å². The molecule has 3 amide bonds. The van der Waals surface area contributed by atoms with Gasteiger partial charge in [0.25, 0.3) is 5.91 Å². The summed E-state index contributed by atoms with van der Waals surface area (Å²) in [5.41, 5.74) is -0.0791. The summed E-state index contributed by atoms with van der Waals surface area (Å²) in [4.78, 5) is 47.2. The van der Waals surface area contributed by atoms with Crippen molar-refractivity contribution in [2.24, 2.45) is 0 Å². The molecule has 26 heavy (non-hydrogen) atoms. The Hall–Kier alpha value is -1.96. The van der Waals surface area contributed by atoms with Crippen LogP contribution in [-0.4, -0.2) is 76.7 Å². The van der Waals surface area contributed by atoms with E-state index in [1.807, 2.05) is 0 Å². The smallest absolute Gasteiger partial charge is 0.312 e. The average Bonchev–Trinajstić information content (AvgIpc) is 3.31. The van der Waals surface area contributed by atoms with Crippen LogP contribution in [0, 0.1) is 0 Å². The quantitative estimate of drug-likeness (QED) is 0.692. The fraction of sp³-hybridized carbons (Fsp3) is 0.667. The molecule has 2 aliphatic rings. The summed E-state index contributed by atoms with van der Waals surface area (Å²) in [6.45, 7) is 9.24. The molecule has 142 valence electrons. The van der Waals surface area contributed by atoms with E-state index in [0.29, 0.717) is 44.1 Å². The van der Waals surface area contributed by atoms with Gasteiger partial charge in [0.2, 0.25) is 0 Å². The molecule has 0 radical (unpaired) electrons. The maximum atomic E-state index is 12.7. The Labute approximate surface area is 158 Å². The highest BCUT2D eigenvalue weighted by atomic mass is 32.1. The van der Waals surface area contributed by atoms with Crippen LogP contribution in [-0.2, 0) is 15.0 Å². The topological polar surface area (TPSA) is 73.8 Å². The van der Waals surface area contributed by atoms with Crippen LogP contribution in [0.2, 0.25) is 0 Å². The number of carbonyl (C=O) groups is 3. The van der Waals surface area contributed by atoms with E-state index in [-0.39, 0.29) is 11.3 Å². The SMILES string of the molecule is CC(C)(C)c1ncc(C(=O)N2CCN(C(=O)C(=O)N3CCCC3)CC2)s1. The van der Waals surface area contributed by atoms with Crippen LogP contribution in [0.25, 0.3) is 0 Å². The van der Waals surface area contributed by atoms with Crippen LogP contribution < -0.4 is 0 Å². The zero-order chi connectivity index (χ0) is 18.9. The third-order valence-corrected chi connectivity index (χ3v) is 6.20. The number of nitrogens with zero attached hydrogens (tertiary/aromatic N) is 4. The molecule has 3 rings (SSSR count). The highest BCUT2D eigenvalue weighted by molar-refractivity contribution is 7.13. The molecule has 0 atom stereocenters. The van der Waals surface area contributed by atoms with E-state index < -0.39 is 11.8 Å². The first-order valence-corrected chi connectivity index (χ1v) is 9.93. The predicted octanol–water partition coefficient (Wildman–Crippen LogP) is 1.35. The standard InChI is InChI=1S/C18H26N4O3S/c1-18(2,3)17-19-12-13(26-17)14(23)21-8-10-22(11-9-21)16(25)15(24)20-6-4-5-7-20/h12H,4-11H2,1-3H3. The lowest BCUT2D eigenvalue weighted by Crippen LogP contribution is -2.54. The van der Waals surface area contributed by atoms with Gasteiger partial charge in [0.1, 0.15) is 4.88 Å². The Morgan fingerprint density at radius 1 is 0.885 bits per heavy atom. The molecule has 1 aromatic rings. The first-order valence-electron chi connectivity index (χ1n) is 9.11. The van der Waals surface area contributed by atoms with Crippen molar-refractivity contribution in [3.05, 3.63) is 16.1 Å². The van der Waals surface area contributed by atoms with Crippen molar-refractivity contribution in [1.82, 2.24) is 19.7 Å². The first-order chi connectivity index (χ1) is 12.3. The number of amides is 3. The Morgan fingerprint density at radius 3 is 1.88 bits per heavy atom.